The van der Waals surface area contributed by atoms with Crippen molar-refractivity contribution < 1.29 is 38.1 Å². The Morgan fingerprint density at radius 1 is 0.667 bits per heavy atom. The molecule has 0 saturated carbocycles. The third-order valence-electron chi connectivity index (χ3n) is 6.41. The first-order chi connectivity index (χ1) is 16.7. The van der Waals surface area contributed by atoms with Gasteiger partial charge in [-0.2, -0.15) is 0 Å². The Balaban J connectivity index is 1.48. The Kier molecular flexibility index (Phi) is 10.3. The summed E-state index contributed by atoms with van der Waals surface area (Å²) in [5, 5.41) is 6.41. The Morgan fingerprint density at radius 2 is 1.00 bits per heavy atom. The van der Waals surface area contributed by atoms with E-state index in [1.807, 2.05) is 13.8 Å². The van der Waals surface area contributed by atoms with Crippen molar-refractivity contribution in [2.24, 2.45) is 0 Å². The molecule has 0 radical (unpaired) electrons. The number of cyclic esters (lactones) is 2. The summed E-state index contributed by atoms with van der Waals surface area (Å²) < 4.78 is 21.2. The fourth-order valence-electron chi connectivity index (χ4n) is 4.52. The Hall–Kier alpha value is -2.20. The van der Waals surface area contributed by atoms with Crippen LogP contribution in [0.3, 0.4) is 0 Å². The van der Waals surface area contributed by atoms with E-state index in [4.69, 9.17) is 18.9 Å². The maximum atomic E-state index is 12.1. The molecule has 0 aliphatic carbocycles. The topological polar surface area (TPSA) is 129 Å². The number of hydrogen-bond donors (Lipinski definition) is 2. The smallest absolute Gasteiger partial charge is 0.325 e. The van der Waals surface area contributed by atoms with Crippen LogP contribution in [0, 0.1) is 0 Å². The number of rotatable bonds is 13. The van der Waals surface area contributed by atoms with Crippen molar-refractivity contribution in [1.29, 1.82) is 0 Å². The van der Waals surface area contributed by atoms with Crippen LogP contribution in [0.1, 0.15) is 92.9 Å². The number of hydrogen-bond acceptors (Lipinski definition) is 10. The van der Waals surface area contributed by atoms with Crippen LogP contribution in [0.5, 0.6) is 0 Å². The minimum absolute atomic E-state index is 0.150. The summed E-state index contributed by atoms with van der Waals surface area (Å²) >= 11 is 0. The van der Waals surface area contributed by atoms with Crippen molar-refractivity contribution >= 4 is 23.9 Å². The van der Waals surface area contributed by atoms with Gasteiger partial charge in [-0.05, 0) is 54.4 Å². The monoisotopic (exact) mass is 512 g/mol. The molecule has 10 heteroatoms. The average molecular weight is 513 g/mol. The van der Waals surface area contributed by atoms with Crippen molar-refractivity contribution in [3.8, 4) is 0 Å². The zero-order chi connectivity index (χ0) is 27.0. The molecule has 0 aromatic carbocycles. The number of carbonyl (C=O) groups is 4. The SMILES string of the molecule is CC1(COC(=O)CCCCCCCCC(=O)OCC2(C)COC(=O)C(C)(C)N2)COC(=O)C(C)(C)N1. The van der Waals surface area contributed by atoms with Gasteiger partial charge in [0.05, 0.1) is 11.1 Å². The maximum Gasteiger partial charge on any atom is 0.325 e. The van der Waals surface area contributed by atoms with E-state index < -0.39 is 22.2 Å². The average Bonchev–Trinajstić information content (AvgIpc) is 2.78. The van der Waals surface area contributed by atoms with Gasteiger partial charge >= 0.3 is 23.9 Å². The van der Waals surface area contributed by atoms with Crippen LogP contribution in [0.4, 0.5) is 0 Å². The standard InChI is InChI=1S/C26H44N2O8/c1-23(2)21(31)35-17-25(5,27-23)15-33-19(29)13-11-9-7-8-10-12-14-20(30)34-16-26(6)18-36-22(32)24(3,4)28-26/h27-28H,7-18H2,1-6H3. The molecule has 2 atom stereocenters. The Bertz CT molecular complexity index is 746. The van der Waals surface area contributed by atoms with Gasteiger partial charge < -0.3 is 18.9 Å². The summed E-state index contributed by atoms with van der Waals surface area (Å²) in [6.45, 7) is 11.3. The number of esters is 4. The molecule has 0 amide bonds. The zero-order valence-corrected chi connectivity index (χ0v) is 22.8. The lowest BCUT2D eigenvalue weighted by Gasteiger charge is -2.42. The van der Waals surface area contributed by atoms with E-state index in [1.165, 1.54) is 0 Å². The molecule has 0 bridgehead atoms. The summed E-state index contributed by atoms with van der Waals surface area (Å²) in [5.74, 6) is -1.14. The number of carbonyl (C=O) groups excluding carboxylic acids is 4. The molecule has 2 fully saturated rings. The summed E-state index contributed by atoms with van der Waals surface area (Å²) in [6.07, 6.45) is 5.99. The molecule has 0 aromatic rings. The minimum atomic E-state index is -0.811. The summed E-state index contributed by atoms with van der Waals surface area (Å²) in [4.78, 5) is 47.6. The van der Waals surface area contributed by atoms with E-state index in [-0.39, 0.29) is 50.3 Å². The van der Waals surface area contributed by atoms with Gasteiger partial charge in [0.25, 0.3) is 0 Å². The number of nitrogens with one attached hydrogen (secondary N) is 2. The second kappa shape index (κ2) is 12.4. The van der Waals surface area contributed by atoms with Crippen molar-refractivity contribution in [1.82, 2.24) is 10.6 Å². The van der Waals surface area contributed by atoms with E-state index in [0.29, 0.717) is 12.8 Å². The Labute approximate surface area is 214 Å². The number of unbranched alkanes of at least 4 members (excludes halogenated alkanes) is 5. The maximum absolute atomic E-state index is 12.1. The van der Waals surface area contributed by atoms with E-state index in [2.05, 4.69) is 10.6 Å². The largest absolute Gasteiger partial charge is 0.464 e. The fourth-order valence-corrected chi connectivity index (χ4v) is 4.52. The molecule has 2 saturated heterocycles. The zero-order valence-electron chi connectivity index (χ0n) is 22.8. The van der Waals surface area contributed by atoms with Crippen molar-refractivity contribution in [3.63, 3.8) is 0 Å². The first-order valence-corrected chi connectivity index (χ1v) is 12.9. The van der Waals surface area contributed by atoms with Crippen LogP contribution in [0.25, 0.3) is 0 Å². The highest BCUT2D eigenvalue weighted by molar-refractivity contribution is 5.81. The van der Waals surface area contributed by atoms with Crippen LogP contribution >= 0.6 is 0 Å². The normalized spacial score (nSPS) is 27.1. The summed E-state index contributed by atoms with van der Waals surface area (Å²) in [5.41, 5.74) is -2.81. The molecule has 2 rings (SSSR count). The van der Waals surface area contributed by atoms with Gasteiger partial charge in [0.1, 0.15) is 37.5 Å². The lowest BCUT2D eigenvalue weighted by molar-refractivity contribution is -0.166. The summed E-state index contributed by atoms with van der Waals surface area (Å²) in [7, 11) is 0. The second-order valence-electron chi connectivity index (χ2n) is 11.7. The highest BCUT2D eigenvalue weighted by Crippen LogP contribution is 2.22. The molecule has 36 heavy (non-hydrogen) atoms. The molecule has 0 aromatic heterocycles. The van der Waals surface area contributed by atoms with E-state index in [9.17, 15) is 19.2 Å². The van der Waals surface area contributed by atoms with Crippen molar-refractivity contribution in [2.75, 3.05) is 26.4 Å². The molecule has 2 aliphatic heterocycles. The van der Waals surface area contributed by atoms with Crippen molar-refractivity contribution in [3.05, 3.63) is 0 Å². The van der Waals surface area contributed by atoms with Crippen molar-refractivity contribution in [2.45, 2.75) is 115 Å². The highest BCUT2D eigenvalue weighted by atomic mass is 16.6. The van der Waals surface area contributed by atoms with Crippen LogP contribution < -0.4 is 10.6 Å². The van der Waals surface area contributed by atoms with Crippen LogP contribution in [-0.4, -0.2) is 72.5 Å². The lowest BCUT2D eigenvalue weighted by Crippen LogP contribution is -2.66. The van der Waals surface area contributed by atoms with Gasteiger partial charge in [-0.3, -0.25) is 29.8 Å². The quantitative estimate of drug-likeness (QED) is 0.216. The van der Waals surface area contributed by atoms with E-state index in [0.717, 1.165) is 38.5 Å². The van der Waals surface area contributed by atoms with E-state index in [1.54, 1.807) is 27.7 Å². The molecular weight excluding hydrogens is 468 g/mol. The van der Waals surface area contributed by atoms with Crippen LogP contribution in [0.15, 0.2) is 0 Å². The Morgan fingerprint density at radius 3 is 1.33 bits per heavy atom. The number of ether oxygens (including phenoxy) is 4. The first-order valence-electron chi connectivity index (χ1n) is 12.9. The van der Waals surface area contributed by atoms with Gasteiger partial charge in [0.2, 0.25) is 0 Å². The van der Waals surface area contributed by atoms with Gasteiger partial charge in [-0.15, -0.1) is 0 Å². The summed E-state index contributed by atoms with van der Waals surface area (Å²) in [6, 6.07) is 0. The van der Waals surface area contributed by atoms with Crippen LogP contribution in [0.2, 0.25) is 0 Å². The molecular formula is C26H44N2O8. The predicted molar refractivity (Wildman–Crippen MR) is 132 cm³/mol. The third-order valence-corrected chi connectivity index (χ3v) is 6.41. The third kappa shape index (κ3) is 9.35. The molecule has 2 N–H and O–H groups in total. The first kappa shape index (κ1) is 30.0. The van der Waals surface area contributed by atoms with Crippen LogP contribution in [-0.2, 0) is 38.1 Å². The predicted octanol–water partition coefficient (Wildman–Crippen LogP) is 2.56. The molecule has 2 heterocycles. The lowest BCUT2D eigenvalue weighted by atomic mass is 9.94. The minimum Gasteiger partial charge on any atom is -0.464 e. The molecule has 2 unspecified atom stereocenters. The van der Waals surface area contributed by atoms with Gasteiger partial charge in [0, 0.05) is 12.8 Å². The van der Waals surface area contributed by atoms with E-state index >= 15 is 0 Å². The number of morpholine rings is 2. The molecule has 10 nitrogen and oxygen atoms in total. The molecule has 206 valence electrons. The van der Waals surface area contributed by atoms with Gasteiger partial charge in [-0.1, -0.05) is 25.7 Å². The second-order valence-corrected chi connectivity index (χ2v) is 11.7. The molecule has 0 spiro atoms. The highest BCUT2D eigenvalue weighted by Gasteiger charge is 2.45. The van der Waals surface area contributed by atoms with Gasteiger partial charge in [0.15, 0.2) is 0 Å². The molecule has 2 aliphatic rings. The van der Waals surface area contributed by atoms with Gasteiger partial charge in [-0.25, -0.2) is 0 Å². The fraction of sp³-hybridized carbons (Fsp3) is 0.846.